The lowest BCUT2D eigenvalue weighted by Crippen LogP contribution is -2.20. The zero-order valence-electron chi connectivity index (χ0n) is 14.4. The number of halogens is 2. The van der Waals surface area contributed by atoms with Gasteiger partial charge in [-0.1, -0.05) is 59.6 Å². The number of benzene rings is 3. The maximum atomic E-state index is 12.4. The van der Waals surface area contributed by atoms with Gasteiger partial charge in [0, 0.05) is 33.6 Å². The average Bonchev–Trinajstić information content (AvgIpc) is 2.64. The first-order valence-electron chi connectivity index (χ1n) is 8.39. The van der Waals surface area contributed by atoms with Gasteiger partial charge in [-0.05, 0) is 47.9 Å². The molecule has 27 heavy (non-hydrogen) atoms. The molecule has 0 aliphatic heterocycles. The Morgan fingerprint density at radius 2 is 1.74 bits per heavy atom. The first kappa shape index (κ1) is 19.2. The fourth-order valence-corrected chi connectivity index (χ4v) is 3.27. The zero-order chi connectivity index (χ0) is 19.2. The molecule has 0 aliphatic carbocycles. The highest BCUT2D eigenvalue weighted by Crippen LogP contribution is 2.31. The van der Waals surface area contributed by atoms with Crippen LogP contribution in [0.1, 0.15) is 5.56 Å². The lowest BCUT2D eigenvalue weighted by Gasteiger charge is -2.12. The van der Waals surface area contributed by atoms with Gasteiger partial charge in [-0.25, -0.2) is 4.79 Å². The third kappa shape index (κ3) is 5.01. The van der Waals surface area contributed by atoms with Crippen molar-refractivity contribution in [3.05, 3.63) is 82.3 Å². The summed E-state index contributed by atoms with van der Waals surface area (Å²) in [5, 5.41) is 15.9. The lowest BCUT2D eigenvalue weighted by atomic mass is 10.1. The van der Waals surface area contributed by atoms with E-state index in [-0.39, 0.29) is 12.6 Å². The predicted molar refractivity (Wildman–Crippen MR) is 112 cm³/mol. The highest BCUT2D eigenvalue weighted by molar-refractivity contribution is 6.36. The second-order valence-corrected chi connectivity index (χ2v) is 6.76. The van der Waals surface area contributed by atoms with Gasteiger partial charge in [0.1, 0.15) is 0 Å². The summed E-state index contributed by atoms with van der Waals surface area (Å²) >= 11 is 12.2. The molecule has 4 nitrogen and oxygen atoms in total. The molecule has 0 spiro atoms. The second kappa shape index (κ2) is 8.91. The number of aliphatic hydroxyl groups excluding tert-OH is 1. The van der Waals surface area contributed by atoms with Gasteiger partial charge < -0.3 is 15.7 Å². The van der Waals surface area contributed by atoms with Gasteiger partial charge >= 0.3 is 6.03 Å². The normalized spacial score (nSPS) is 10.5. The van der Waals surface area contributed by atoms with Crippen molar-refractivity contribution in [2.45, 2.75) is 6.42 Å². The van der Waals surface area contributed by atoms with Crippen molar-refractivity contribution in [1.29, 1.82) is 0 Å². The second-order valence-electron chi connectivity index (χ2n) is 5.91. The van der Waals surface area contributed by atoms with E-state index in [1.54, 1.807) is 24.3 Å². The van der Waals surface area contributed by atoms with Gasteiger partial charge in [0.05, 0.1) is 0 Å². The molecule has 0 saturated heterocycles. The van der Waals surface area contributed by atoms with E-state index in [2.05, 4.69) is 10.6 Å². The van der Waals surface area contributed by atoms with E-state index in [0.717, 1.165) is 16.7 Å². The predicted octanol–water partition coefficient (Wildman–Crippen LogP) is 5.84. The monoisotopic (exact) mass is 400 g/mol. The molecule has 6 heteroatoms. The van der Waals surface area contributed by atoms with Crippen molar-refractivity contribution < 1.29 is 9.90 Å². The third-order valence-electron chi connectivity index (χ3n) is 4.01. The molecule has 3 aromatic rings. The van der Waals surface area contributed by atoms with Gasteiger partial charge in [0.2, 0.25) is 0 Å². The molecule has 0 radical (unpaired) electrons. The molecule has 3 rings (SSSR count). The van der Waals surface area contributed by atoms with Crippen LogP contribution in [0.4, 0.5) is 16.2 Å². The minimum atomic E-state index is -0.361. The minimum Gasteiger partial charge on any atom is -0.396 e. The molecular weight excluding hydrogens is 383 g/mol. The van der Waals surface area contributed by atoms with Gasteiger partial charge in [-0.15, -0.1) is 0 Å². The quantitative estimate of drug-likeness (QED) is 0.503. The van der Waals surface area contributed by atoms with E-state index in [0.29, 0.717) is 27.8 Å². The average molecular weight is 401 g/mol. The summed E-state index contributed by atoms with van der Waals surface area (Å²) in [6.45, 7) is 0.0181. The molecule has 138 valence electrons. The van der Waals surface area contributed by atoms with E-state index >= 15 is 0 Å². The van der Waals surface area contributed by atoms with Crippen molar-refractivity contribution in [3.8, 4) is 11.1 Å². The van der Waals surface area contributed by atoms with Gasteiger partial charge in [0.25, 0.3) is 0 Å². The zero-order valence-corrected chi connectivity index (χ0v) is 15.9. The Bertz CT molecular complexity index is 960. The largest absolute Gasteiger partial charge is 0.396 e. The molecule has 0 aromatic heterocycles. The molecule has 0 heterocycles. The van der Waals surface area contributed by atoms with Crippen LogP contribution in [0.2, 0.25) is 10.0 Å². The van der Waals surface area contributed by atoms with E-state index in [1.165, 1.54) is 0 Å². The smallest absolute Gasteiger partial charge is 0.323 e. The van der Waals surface area contributed by atoms with Gasteiger partial charge in [-0.3, -0.25) is 0 Å². The molecule has 0 bridgehead atoms. The van der Waals surface area contributed by atoms with Crippen LogP contribution in [0.25, 0.3) is 11.1 Å². The lowest BCUT2D eigenvalue weighted by molar-refractivity contribution is 0.262. The Balaban J connectivity index is 1.76. The molecule has 2 amide bonds. The number of urea groups is 1. The van der Waals surface area contributed by atoms with E-state index in [4.69, 9.17) is 28.3 Å². The summed E-state index contributed by atoms with van der Waals surface area (Å²) in [5.41, 5.74) is 3.88. The number of amides is 2. The van der Waals surface area contributed by atoms with Crippen LogP contribution in [0.5, 0.6) is 0 Å². The maximum absolute atomic E-state index is 12.4. The number of anilines is 2. The number of carbonyl (C=O) groups excluding carboxylic acids is 1. The first-order valence-corrected chi connectivity index (χ1v) is 9.14. The Hall–Kier alpha value is -2.53. The van der Waals surface area contributed by atoms with Crippen molar-refractivity contribution in [3.63, 3.8) is 0 Å². The number of aliphatic hydroxyl groups is 1. The van der Waals surface area contributed by atoms with Crippen LogP contribution in [-0.4, -0.2) is 17.7 Å². The summed E-state index contributed by atoms with van der Waals surface area (Å²) in [6, 6.07) is 19.7. The first-order chi connectivity index (χ1) is 13.1. The molecule has 0 atom stereocenters. The highest BCUT2D eigenvalue weighted by atomic mass is 35.5. The van der Waals surface area contributed by atoms with Crippen molar-refractivity contribution in [2.24, 2.45) is 0 Å². The molecular formula is C21H18Cl2N2O2. The summed E-state index contributed by atoms with van der Waals surface area (Å²) in [7, 11) is 0. The molecule has 3 N–H and O–H groups in total. The van der Waals surface area contributed by atoms with Crippen molar-refractivity contribution >= 4 is 40.6 Å². The topological polar surface area (TPSA) is 61.4 Å². The van der Waals surface area contributed by atoms with Crippen LogP contribution in [0, 0.1) is 0 Å². The van der Waals surface area contributed by atoms with Crippen LogP contribution in [0.15, 0.2) is 66.7 Å². The molecule has 0 fully saturated rings. The third-order valence-corrected chi connectivity index (χ3v) is 4.56. The van der Waals surface area contributed by atoms with Crippen molar-refractivity contribution in [2.75, 3.05) is 17.2 Å². The number of para-hydroxylation sites is 1. The Labute approximate surface area is 167 Å². The maximum Gasteiger partial charge on any atom is 0.323 e. The summed E-state index contributed by atoms with van der Waals surface area (Å²) in [4.78, 5) is 12.4. The molecule has 3 aromatic carbocycles. The highest BCUT2D eigenvalue weighted by Gasteiger charge is 2.09. The Morgan fingerprint density at radius 1 is 0.926 bits per heavy atom. The fourth-order valence-electron chi connectivity index (χ4n) is 2.75. The van der Waals surface area contributed by atoms with Crippen LogP contribution >= 0.6 is 23.2 Å². The fraction of sp³-hybridized carbons (Fsp3) is 0.0952. The van der Waals surface area contributed by atoms with Crippen LogP contribution < -0.4 is 10.6 Å². The van der Waals surface area contributed by atoms with Gasteiger partial charge in [-0.2, -0.15) is 0 Å². The number of carbonyl (C=O) groups is 1. The number of nitrogens with one attached hydrogen (secondary N) is 2. The van der Waals surface area contributed by atoms with Crippen LogP contribution in [-0.2, 0) is 6.42 Å². The summed E-state index contributed by atoms with van der Waals surface area (Å²) in [5.74, 6) is 0. The standard InChI is InChI=1S/C21H18Cl2N2O2/c22-16-8-9-18(19(23)13-16)15-5-3-6-17(12-15)24-21(27)25-20-7-2-1-4-14(20)10-11-26/h1-9,12-13,26H,10-11H2,(H2,24,25,27). The number of rotatable bonds is 5. The van der Waals surface area contributed by atoms with Crippen molar-refractivity contribution in [1.82, 2.24) is 0 Å². The van der Waals surface area contributed by atoms with E-state index in [9.17, 15) is 4.79 Å². The Kier molecular flexibility index (Phi) is 6.35. The van der Waals surface area contributed by atoms with Gasteiger partial charge in [0.15, 0.2) is 0 Å². The molecule has 0 saturated carbocycles. The molecule has 0 aliphatic rings. The molecule has 0 unspecified atom stereocenters. The van der Waals surface area contributed by atoms with Crippen LogP contribution in [0.3, 0.4) is 0 Å². The number of hydrogen-bond acceptors (Lipinski definition) is 2. The number of hydrogen-bond donors (Lipinski definition) is 3. The van der Waals surface area contributed by atoms with E-state index in [1.807, 2.05) is 42.5 Å². The summed E-state index contributed by atoms with van der Waals surface area (Å²) in [6.07, 6.45) is 0.473. The Morgan fingerprint density at radius 3 is 2.52 bits per heavy atom. The van der Waals surface area contributed by atoms with E-state index < -0.39 is 0 Å². The minimum absolute atomic E-state index is 0.0181. The summed E-state index contributed by atoms with van der Waals surface area (Å²) < 4.78 is 0. The SMILES string of the molecule is O=C(Nc1cccc(-c2ccc(Cl)cc2Cl)c1)Nc1ccccc1CCO.